The topological polar surface area (TPSA) is 64.0 Å². The summed E-state index contributed by atoms with van der Waals surface area (Å²) in [7, 11) is -1.68. The highest BCUT2D eigenvalue weighted by Gasteiger charge is 2.14. The SMILES string of the molecule is Cc1nn(C)cc1CNS(=O)(=O)c1ccc(CBr)cc1. The maximum Gasteiger partial charge on any atom is 0.240 e. The fourth-order valence-corrected chi connectivity index (χ4v) is 3.22. The van der Waals surface area contributed by atoms with E-state index < -0.39 is 10.0 Å². The minimum atomic E-state index is -3.49. The van der Waals surface area contributed by atoms with Crippen LogP contribution in [0.2, 0.25) is 0 Å². The first kappa shape index (κ1) is 15.2. The first-order valence-corrected chi connectivity index (χ1v) is 8.66. The minimum absolute atomic E-state index is 0.238. The summed E-state index contributed by atoms with van der Waals surface area (Å²) in [5, 5.41) is 4.89. The van der Waals surface area contributed by atoms with Crippen LogP contribution in [0.4, 0.5) is 0 Å². The number of hydrogen-bond donors (Lipinski definition) is 1. The van der Waals surface area contributed by atoms with Gasteiger partial charge in [-0.3, -0.25) is 4.68 Å². The number of benzene rings is 1. The van der Waals surface area contributed by atoms with Crippen molar-refractivity contribution < 1.29 is 8.42 Å². The molecule has 0 fully saturated rings. The molecule has 0 bridgehead atoms. The Morgan fingerprint density at radius 2 is 1.95 bits per heavy atom. The van der Waals surface area contributed by atoms with Crippen molar-refractivity contribution >= 4 is 26.0 Å². The Balaban J connectivity index is 2.12. The molecule has 0 aliphatic heterocycles. The van der Waals surface area contributed by atoms with Gasteiger partial charge in [0.2, 0.25) is 10.0 Å². The Bertz CT molecular complexity index is 693. The number of aryl methyl sites for hydroxylation is 2. The molecule has 2 rings (SSSR count). The molecule has 0 saturated heterocycles. The number of hydrogen-bond acceptors (Lipinski definition) is 3. The van der Waals surface area contributed by atoms with E-state index in [0.717, 1.165) is 16.8 Å². The van der Waals surface area contributed by atoms with Crippen LogP contribution in [-0.2, 0) is 28.9 Å². The minimum Gasteiger partial charge on any atom is -0.275 e. The highest BCUT2D eigenvalue weighted by Crippen LogP contribution is 2.13. The average Bonchev–Trinajstić information content (AvgIpc) is 2.75. The zero-order valence-corrected chi connectivity index (χ0v) is 13.7. The lowest BCUT2D eigenvalue weighted by Crippen LogP contribution is -2.23. The van der Waals surface area contributed by atoms with E-state index in [9.17, 15) is 8.42 Å². The number of rotatable bonds is 5. The lowest BCUT2D eigenvalue weighted by atomic mass is 10.2. The van der Waals surface area contributed by atoms with Crippen molar-refractivity contribution in [1.82, 2.24) is 14.5 Å². The molecule has 1 aromatic carbocycles. The molecule has 2 aromatic rings. The standard InChI is InChI=1S/C13H16BrN3O2S/c1-10-12(9-17(2)16-10)8-15-20(18,19)13-5-3-11(7-14)4-6-13/h3-6,9,15H,7-8H2,1-2H3. The van der Waals surface area contributed by atoms with Gasteiger partial charge in [0, 0.05) is 30.7 Å². The van der Waals surface area contributed by atoms with E-state index in [1.165, 1.54) is 0 Å². The van der Waals surface area contributed by atoms with E-state index in [1.807, 2.05) is 20.2 Å². The first-order valence-electron chi connectivity index (χ1n) is 6.06. The van der Waals surface area contributed by atoms with Crippen molar-refractivity contribution in [2.24, 2.45) is 7.05 Å². The molecule has 1 heterocycles. The number of alkyl halides is 1. The predicted molar refractivity (Wildman–Crippen MR) is 81.0 cm³/mol. The highest BCUT2D eigenvalue weighted by atomic mass is 79.9. The Morgan fingerprint density at radius 3 is 2.45 bits per heavy atom. The molecule has 0 unspecified atom stereocenters. The Morgan fingerprint density at radius 1 is 1.30 bits per heavy atom. The van der Waals surface area contributed by atoms with Crippen molar-refractivity contribution in [3.05, 3.63) is 47.3 Å². The van der Waals surface area contributed by atoms with Crippen LogP contribution < -0.4 is 4.72 Å². The fraction of sp³-hybridized carbons (Fsp3) is 0.308. The molecule has 0 saturated carbocycles. The average molecular weight is 358 g/mol. The van der Waals surface area contributed by atoms with Crippen molar-refractivity contribution in [2.75, 3.05) is 0 Å². The van der Waals surface area contributed by atoms with E-state index in [4.69, 9.17) is 0 Å². The summed E-state index contributed by atoms with van der Waals surface area (Å²) in [5.74, 6) is 0. The maximum atomic E-state index is 12.2. The number of sulfonamides is 1. The largest absolute Gasteiger partial charge is 0.275 e. The zero-order valence-electron chi connectivity index (χ0n) is 11.3. The van der Waals surface area contributed by atoms with Gasteiger partial charge in [-0.05, 0) is 24.6 Å². The molecule has 0 aliphatic rings. The van der Waals surface area contributed by atoms with Crippen LogP contribution >= 0.6 is 15.9 Å². The van der Waals surface area contributed by atoms with Crippen LogP contribution in [0, 0.1) is 6.92 Å². The third-order valence-corrected chi connectivity index (χ3v) is 5.02. The third kappa shape index (κ3) is 3.47. The summed E-state index contributed by atoms with van der Waals surface area (Å²) in [4.78, 5) is 0.267. The van der Waals surface area contributed by atoms with Gasteiger partial charge in [-0.15, -0.1) is 0 Å². The van der Waals surface area contributed by atoms with Gasteiger partial charge in [0.15, 0.2) is 0 Å². The summed E-state index contributed by atoms with van der Waals surface area (Å²) in [5.41, 5.74) is 2.73. The van der Waals surface area contributed by atoms with Gasteiger partial charge in [0.25, 0.3) is 0 Å². The van der Waals surface area contributed by atoms with Crippen LogP contribution in [0.1, 0.15) is 16.8 Å². The van der Waals surface area contributed by atoms with E-state index in [1.54, 1.807) is 28.9 Å². The molecule has 1 N–H and O–H groups in total. The van der Waals surface area contributed by atoms with Gasteiger partial charge in [-0.25, -0.2) is 13.1 Å². The molecule has 0 radical (unpaired) electrons. The van der Waals surface area contributed by atoms with Gasteiger partial charge in [-0.2, -0.15) is 5.10 Å². The van der Waals surface area contributed by atoms with Crippen molar-refractivity contribution in [2.45, 2.75) is 23.7 Å². The molecule has 0 spiro atoms. The molecule has 108 valence electrons. The van der Waals surface area contributed by atoms with Crippen LogP contribution in [0.5, 0.6) is 0 Å². The summed E-state index contributed by atoms with van der Waals surface area (Å²) in [6, 6.07) is 6.79. The van der Waals surface area contributed by atoms with Crippen LogP contribution in [0.15, 0.2) is 35.4 Å². The normalized spacial score (nSPS) is 11.8. The van der Waals surface area contributed by atoms with Gasteiger partial charge in [0.1, 0.15) is 0 Å². The molecule has 0 amide bonds. The quantitative estimate of drug-likeness (QED) is 0.833. The number of nitrogens with one attached hydrogen (secondary N) is 1. The first-order chi connectivity index (χ1) is 9.42. The van der Waals surface area contributed by atoms with Crippen LogP contribution in [0.3, 0.4) is 0 Å². The number of halogens is 1. The second-order valence-electron chi connectivity index (χ2n) is 4.52. The van der Waals surface area contributed by atoms with Gasteiger partial charge < -0.3 is 0 Å². The smallest absolute Gasteiger partial charge is 0.240 e. The molecular formula is C13H16BrN3O2S. The van der Waals surface area contributed by atoms with Gasteiger partial charge in [0.05, 0.1) is 10.6 Å². The van der Waals surface area contributed by atoms with Crippen molar-refractivity contribution in [1.29, 1.82) is 0 Å². The Labute approximate surface area is 127 Å². The molecule has 20 heavy (non-hydrogen) atoms. The third-order valence-electron chi connectivity index (χ3n) is 2.96. The second kappa shape index (κ2) is 6.07. The lowest BCUT2D eigenvalue weighted by molar-refractivity contribution is 0.581. The summed E-state index contributed by atoms with van der Waals surface area (Å²) in [6.45, 7) is 2.09. The van der Waals surface area contributed by atoms with Gasteiger partial charge in [-0.1, -0.05) is 28.1 Å². The van der Waals surface area contributed by atoms with Crippen LogP contribution in [-0.4, -0.2) is 18.2 Å². The molecule has 0 aliphatic carbocycles. The maximum absolute atomic E-state index is 12.2. The zero-order chi connectivity index (χ0) is 14.8. The second-order valence-corrected chi connectivity index (χ2v) is 6.84. The van der Waals surface area contributed by atoms with E-state index in [-0.39, 0.29) is 11.4 Å². The number of nitrogens with zero attached hydrogens (tertiary/aromatic N) is 2. The van der Waals surface area contributed by atoms with E-state index >= 15 is 0 Å². The van der Waals surface area contributed by atoms with E-state index in [2.05, 4.69) is 25.8 Å². The van der Waals surface area contributed by atoms with Crippen LogP contribution in [0.25, 0.3) is 0 Å². The predicted octanol–water partition coefficient (Wildman–Crippen LogP) is 2.10. The summed E-state index contributed by atoms with van der Waals surface area (Å²) >= 11 is 3.33. The molecular weight excluding hydrogens is 342 g/mol. The number of aromatic nitrogens is 2. The van der Waals surface area contributed by atoms with E-state index in [0.29, 0.717) is 5.33 Å². The Kier molecular flexibility index (Phi) is 4.62. The monoisotopic (exact) mass is 357 g/mol. The van der Waals surface area contributed by atoms with Crippen molar-refractivity contribution in [3.63, 3.8) is 0 Å². The lowest BCUT2D eigenvalue weighted by Gasteiger charge is -2.06. The molecule has 0 atom stereocenters. The molecule has 5 nitrogen and oxygen atoms in total. The van der Waals surface area contributed by atoms with Gasteiger partial charge >= 0.3 is 0 Å². The fourth-order valence-electron chi connectivity index (χ4n) is 1.84. The molecule has 1 aromatic heterocycles. The summed E-state index contributed by atoms with van der Waals surface area (Å²) < 4.78 is 28.6. The van der Waals surface area contributed by atoms with Crippen molar-refractivity contribution in [3.8, 4) is 0 Å². The molecule has 7 heteroatoms. The highest BCUT2D eigenvalue weighted by molar-refractivity contribution is 9.08. The Hall–Kier alpha value is -1.18. The summed E-state index contributed by atoms with van der Waals surface area (Å²) in [6.07, 6.45) is 1.81.